The number of benzene rings is 3. The molecule has 1 saturated carbocycles. The first-order valence-corrected chi connectivity index (χ1v) is 15.5. The van der Waals surface area contributed by atoms with Crippen molar-refractivity contribution in [3.63, 3.8) is 0 Å². The largest absolute Gasteiger partial charge is 0.507 e. The molecule has 2 aliphatic heterocycles. The Morgan fingerprint density at radius 1 is 0.956 bits per heavy atom. The molecule has 2 aliphatic carbocycles. The van der Waals surface area contributed by atoms with Gasteiger partial charge in [0.25, 0.3) is 11.8 Å². The number of anilines is 1. The third kappa shape index (κ3) is 4.09. The number of carbonyl (C=O) groups is 4. The molecule has 3 aromatic rings. The number of para-hydroxylation sites is 1. The monoisotopic (exact) mass is 627 g/mol. The van der Waals surface area contributed by atoms with Crippen molar-refractivity contribution in [1.29, 1.82) is 0 Å². The fourth-order valence-corrected chi connectivity index (χ4v) is 8.42. The number of likely N-dealkylation sites (tertiary alicyclic amines) is 1. The zero-order chi connectivity index (χ0) is 31.8. The lowest BCUT2D eigenvalue weighted by Crippen LogP contribution is -2.53. The number of amides is 4. The van der Waals surface area contributed by atoms with Gasteiger partial charge in [0.1, 0.15) is 11.6 Å². The van der Waals surface area contributed by atoms with Gasteiger partial charge < -0.3 is 5.11 Å². The number of aromatic hydroxyl groups is 1. The summed E-state index contributed by atoms with van der Waals surface area (Å²) in [6, 6.07) is 17.4. The fourth-order valence-electron chi connectivity index (χ4n) is 8.29. The summed E-state index contributed by atoms with van der Waals surface area (Å²) in [7, 11) is 0. The van der Waals surface area contributed by atoms with E-state index in [1.54, 1.807) is 56.3 Å². The number of allylic oxidation sites excluding steroid dienone is 2. The number of hydrogen-bond donors (Lipinski definition) is 2. The van der Waals surface area contributed by atoms with Crippen LogP contribution < -0.4 is 5.43 Å². The van der Waals surface area contributed by atoms with Crippen LogP contribution in [0.2, 0.25) is 5.02 Å². The van der Waals surface area contributed by atoms with Gasteiger partial charge in [0.05, 0.1) is 28.9 Å². The van der Waals surface area contributed by atoms with Gasteiger partial charge in [-0.2, -0.15) is 5.01 Å². The quantitative estimate of drug-likeness (QED) is 0.286. The van der Waals surface area contributed by atoms with E-state index in [0.29, 0.717) is 33.8 Å². The second-order valence-corrected chi connectivity index (χ2v) is 12.7. The molecule has 2 saturated heterocycles. The fraction of sp³-hybridized carbons (Fsp3) is 0.314. The highest BCUT2D eigenvalue weighted by atomic mass is 35.5. The molecule has 0 bridgehead atoms. The van der Waals surface area contributed by atoms with Crippen molar-refractivity contribution in [2.75, 3.05) is 12.0 Å². The van der Waals surface area contributed by atoms with Gasteiger partial charge >= 0.3 is 0 Å². The lowest BCUT2D eigenvalue weighted by atomic mass is 9.49. The summed E-state index contributed by atoms with van der Waals surface area (Å²) in [4.78, 5) is 57.9. The first kappa shape index (κ1) is 29.2. The SMILES string of the molecule is CCN1C(=O)[C@H]2[C@H](CC=C3[C@H]2C[C@H]2C(=O)N(Nc4ccc(F)cc4)C(=O)[C@@]2(c2ccc(Cl)cc2)[C@H]3c2cccc(C)c2O)C1=O. The number of phenols is 1. The average molecular weight is 628 g/mol. The Morgan fingerprint density at radius 2 is 1.67 bits per heavy atom. The molecule has 4 amide bonds. The number of phenolic OH excluding ortho intramolecular Hbond substituents is 1. The lowest BCUT2D eigenvalue weighted by Gasteiger charge is -2.50. The number of halogens is 2. The van der Waals surface area contributed by atoms with Crippen LogP contribution in [0.3, 0.4) is 0 Å². The molecule has 0 aromatic heterocycles. The third-order valence-electron chi connectivity index (χ3n) is 10.2. The Bertz CT molecular complexity index is 1790. The van der Waals surface area contributed by atoms with Crippen molar-refractivity contribution in [3.05, 3.63) is 106 Å². The third-order valence-corrected chi connectivity index (χ3v) is 10.5. The van der Waals surface area contributed by atoms with Crippen molar-refractivity contribution < 1.29 is 28.7 Å². The minimum atomic E-state index is -1.54. The van der Waals surface area contributed by atoms with E-state index < -0.39 is 52.6 Å². The van der Waals surface area contributed by atoms with Crippen LogP contribution in [0.1, 0.15) is 42.4 Å². The maximum Gasteiger partial charge on any atom is 0.260 e. The second kappa shape index (κ2) is 10.5. The van der Waals surface area contributed by atoms with Crippen molar-refractivity contribution in [2.45, 2.75) is 38.0 Å². The van der Waals surface area contributed by atoms with E-state index in [1.807, 2.05) is 6.08 Å². The van der Waals surface area contributed by atoms with Gasteiger partial charge in [-0.25, -0.2) is 4.39 Å². The molecule has 8 nitrogen and oxygen atoms in total. The molecule has 3 aromatic carbocycles. The highest BCUT2D eigenvalue weighted by Gasteiger charge is 2.70. The van der Waals surface area contributed by atoms with Gasteiger partial charge in [-0.1, -0.05) is 53.6 Å². The highest BCUT2D eigenvalue weighted by Crippen LogP contribution is 2.65. The number of carbonyl (C=O) groups excluding carboxylic acids is 4. The summed E-state index contributed by atoms with van der Waals surface area (Å²) < 4.78 is 13.7. The number of rotatable bonds is 5. The van der Waals surface area contributed by atoms with Crippen LogP contribution in [0, 0.1) is 36.4 Å². The molecule has 2 N–H and O–H groups in total. The minimum Gasteiger partial charge on any atom is -0.507 e. The van der Waals surface area contributed by atoms with Crippen LogP contribution in [-0.4, -0.2) is 45.2 Å². The molecule has 2 heterocycles. The van der Waals surface area contributed by atoms with Crippen molar-refractivity contribution in [1.82, 2.24) is 9.91 Å². The first-order chi connectivity index (χ1) is 21.6. The molecular formula is C35H31ClFN3O5. The molecule has 10 heteroatoms. The van der Waals surface area contributed by atoms with Gasteiger partial charge in [0, 0.05) is 23.0 Å². The topological polar surface area (TPSA) is 107 Å². The predicted octanol–water partition coefficient (Wildman–Crippen LogP) is 5.50. The summed E-state index contributed by atoms with van der Waals surface area (Å²) in [5.74, 6) is -5.60. The Labute approximate surface area is 264 Å². The lowest BCUT2D eigenvalue weighted by molar-refractivity contribution is -0.141. The number of hydrogen-bond acceptors (Lipinski definition) is 6. The number of aryl methyl sites for hydroxylation is 1. The van der Waals surface area contributed by atoms with Gasteiger partial charge in [-0.15, -0.1) is 0 Å². The van der Waals surface area contributed by atoms with Crippen LogP contribution in [-0.2, 0) is 24.6 Å². The van der Waals surface area contributed by atoms with E-state index in [2.05, 4.69) is 5.43 Å². The summed E-state index contributed by atoms with van der Waals surface area (Å²) >= 11 is 6.30. The first-order valence-electron chi connectivity index (χ1n) is 15.1. The van der Waals surface area contributed by atoms with Crippen LogP contribution in [0.4, 0.5) is 10.1 Å². The number of nitrogens with one attached hydrogen (secondary N) is 1. The Kier molecular flexibility index (Phi) is 6.85. The summed E-state index contributed by atoms with van der Waals surface area (Å²) in [5, 5.41) is 13.0. The maximum absolute atomic E-state index is 15.0. The minimum absolute atomic E-state index is 0.00698. The standard InChI is InChI=1S/C35H31ClFN3O5/c1-3-39-31(42)24-16-15-23-26(28(24)33(39)44)17-27-32(43)40(38-22-13-11-21(37)12-14-22)34(45)35(27,19-7-9-20(36)10-8-19)29(23)25-6-4-5-18(2)30(25)41/h4-15,24,26-29,38,41H,3,16-17H2,1-2H3/t24-,26+,27-,28-,29+,35+/m0/s1. The Morgan fingerprint density at radius 3 is 2.36 bits per heavy atom. The predicted molar refractivity (Wildman–Crippen MR) is 164 cm³/mol. The van der Waals surface area contributed by atoms with Gasteiger partial charge in [0.2, 0.25) is 11.8 Å². The molecule has 230 valence electrons. The molecule has 4 aliphatic rings. The van der Waals surface area contributed by atoms with Gasteiger partial charge in [0.15, 0.2) is 0 Å². The second-order valence-electron chi connectivity index (χ2n) is 12.3. The summed E-state index contributed by atoms with van der Waals surface area (Å²) in [5.41, 5.74) is 4.06. The van der Waals surface area contributed by atoms with Gasteiger partial charge in [-0.3, -0.25) is 29.5 Å². The average Bonchev–Trinajstić information content (AvgIpc) is 3.40. The van der Waals surface area contributed by atoms with E-state index in [4.69, 9.17) is 11.6 Å². The maximum atomic E-state index is 15.0. The van der Waals surface area contributed by atoms with E-state index in [0.717, 1.165) is 10.6 Å². The number of hydrazine groups is 1. The molecule has 0 unspecified atom stereocenters. The normalized spacial score (nSPS) is 29.0. The molecule has 6 atom stereocenters. The van der Waals surface area contributed by atoms with Crippen molar-refractivity contribution in [2.24, 2.45) is 23.7 Å². The number of imide groups is 2. The molecular weight excluding hydrogens is 597 g/mol. The Hall–Kier alpha value is -4.50. The van der Waals surface area contributed by atoms with Crippen LogP contribution in [0.15, 0.2) is 78.4 Å². The smallest absolute Gasteiger partial charge is 0.260 e. The van der Waals surface area contributed by atoms with Crippen LogP contribution in [0.5, 0.6) is 5.75 Å². The molecule has 0 spiro atoms. The molecule has 7 rings (SSSR count). The van der Waals surface area contributed by atoms with Crippen LogP contribution >= 0.6 is 11.6 Å². The van der Waals surface area contributed by atoms with E-state index in [-0.39, 0.29) is 30.5 Å². The van der Waals surface area contributed by atoms with Crippen molar-refractivity contribution in [3.8, 4) is 5.75 Å². The van der Waals surface area contributed by atoms with E-state index in [9.17, 15) is 23.9 Å². The highest BCUT2D eigenvalue weighted by molar-refractivity contribution is 6.30. The zero-order valence-corrected chi connectivity index (χ0v) is 25.4. The molecule has 0 radical (unpaired) electrons. The van der Waals surface area contributed by atoms with E-state index in [1.165, 1.54) is 29.2 Å². The zero-order valence-electron chi connectivity index (χ0n) is 24.7. The Balaban J connectivity index is 1.48. The van der Waals surface area contributed by atoms with Crippen molar-refractivity contribution >= 4 is 40.9 Å². The number of nitrogens with zero attached hydrogens (tertiary/aromatic N) is 2. The van der Waals surface area contributed by atoms with Gasteiger partial charge in [-0.05, 0) is 80.1 Å². The van der Waals surface area contributed by atoms with E-state index >= 15 is 4.79 Å². The number of fused-ring (bicyclic) bond motifs is 4. The van der Waals surface area contributed by atoms with Crippen LogP contribution in [0.25, 0.3) is 0 Å². The summed E-state index contributed by atoms with van der Waals surface area (Å²) in [6.45, 7) is 3.78. The molecule has 45 heavy (non-hydrogen) atoms. The summed E-state index contributed by atoms with van der Waals surface area (Å²) in [6.07, 6.45) is 2.40. The molecule has 3 fully saturated rings.